The summed E-state index contributed by atoms with van der Waals surface area (Å²) in [6.45, 7) is 10.2. The largest absolute Gasteiger partial charge is 0.443 e. The van der Waals surface area contributed by atoms with Crippen molar-refractivity contribution < 1.29 is 19.1 Å². The Morgan fingerprint density at radius 2 is 1.69 bits per heavy atom. The lowest BCUT2D eigenvalue weighted by Gasteiger charge is -2.27. The fraction of sp³-hybridized carbons (Fsp3) is 0.481. The predicted molar refractivity (Wildman–Crippen MR) is 124 cm³/mol. The van der Waals surface area contributed by atoms with Gasteiger partial charge < -0.3 is 9.47 Å². The number of hydrogen-bond donors (Lipinski definition) is 0. The summed E-state index contributed by atoms with van der Waals surface area (Å²) in [5, 5.41) is 0. The first-order valence-electron chi connectivity index (χ1n) is 11.4. The number of ether oxygens (including phenoxy) is 2. The summed E-state index contributed by atoms with van der Waals surface area (Å²) in [4.78, 5) is 27.8. The highest BCUT2D eigenvalue weighted by Gasteiger charge is 2.62. The molecule has 2 aromatic carbocycles. The maximum Gasteiger partial charge on any atom is 0.417 e. The molecule has 2 amide bonds. The Labute approximate surface area is 190 Å². The molecule has 2 saturated heterocycles. The molecule has 0 bridgehead atoms. The minimum absolute atomic E-state index is 0.170. The molecule has 5 nitrogen and oxygen atoms in total. The Bertz CT molecular complexity index is 971. The van der Waals surface area contributed by atoms with Crippen molar-refractivity contribution in [1.29, 1.82) is 0 Å². The van der Waals surface area contributed by atoms with Crippen LogP contribution in [0.2, 0.25) is 0 Å². The highest BCUT2D eigenvalue weighted by atomic mass is 16.6. The molecule has 0 saturated carbocycles. The number of carbonyl (C=O) groups excluding carboxylic acids is 2. The van der Waals surface area contributed by atoms with E-state index < -0.39 is 17.3 Å². The van der Waals surface area contributed by atoms with E-state index in [9.17, 15) is 9.59 Å². The van der Waals surface area contributed by atoms with Gasteiger partial charge in [0.1, 0.15) is 11.2 Å². The van der Waals surface area contributed by atoms with Crippen LogP contribution in [0.1, 0.15) is 46.6 Å². The number of imide groups is 1. The second kappa shape index (κ2) is 8.36. The van der Waals surface area contributed by atoms with Crippen LogP contribution in [0.15, 0.2) is 54.6 Å². The number of carbonyl (C=O) groups is 2. The van der Waals surface area contributed by atoms with Gasteiger partial charge >= 0.3 is 6.09 Å². The number of rotatable bonds is 5. The van der Waals surface area contributed by atoms with Crippen molar-refractivity contribution in [1.82, 2.24) is 4.90 Å². The van der Waals surface area contributed by atoms with E-state index in [1.807, 2.05) is 39.0 Å². The minimum atomic E-state index is -0.664. The van der Waals surface area contributed by atoms with E-state index in [-0.39, 0.29) is 23.8 Å². The SMILES string of the molecule is CC(C)C1(C2C[C@@H](Cc3ccc(-c4ccccc4)cc3)N(C(=O)OC(C)(C)C)C2=O)CO1. The van der Waals surface area contributed by atoms with Gasteiger partial charge in [0.05, 0.1) is 12.5 Å². The molecule has 0 aliphatic carbocycles. The molecule has 2 unspecified atom stereocenters. The lowest BCUT2D eigenvalue weighted by atomic mass is 9.81. The van der Waals surface area contributed by atoms with Crippen LogP contribution in [0.3, 0.4) is 0 Å². The van der Waals surface area contributed by atoms with Gasteiger partial charge in [-0.3, -0.25) is 4.79 Å². The highest BCUT2D eigenvalue weighted by Crippen LogP contribution is 2.48. The Hall–Kier alpha value is -2.66. The van der Waals surface area contributed by atoms with E-state index in [2.05, 4.69) is 50.2 Å². The summed E-state index contributed by atoms with van der Waals surface area (Å²) < 4.78 is 11.4. The molecule has 2 fully saturated rings. The molecule has 170 valence electrons. The molecule has 5 heteroatoms. The van der Waals surface area contributed by atoms with Crippen LogP contribution in [0.5, 0.6) is 0 Å². The first-order chi connectivity index (χ1) is 15.1. The lowest BCUT2D eigenvalue weighted by Crippen LogP contribution is -2.45. The standard InChI is InChI=1S/C27H33NO4/c1-18(2)27(17-31-27)23-16-22(28(24(23)29)25(30)32-26(3,4)5)15-19-11-13-21(14-12-19)20-9-7-6-8-10-20/h6-14,18,22-23H,15-17H2,1-5H3/t22-,23?,27?/m1/s1. The molecule has 0 spiro atoms. The van der Waals surface area contributed by atoms with Gasteiger partial charge in [-0.25, -0.2) is 9.69 Å². The topological polar surface area (TPSA) is 59.1 Å². The summed E-state index contributed by atoms with van der Waals surface area (Å²) in [6.07, 6.45) is 0.636. The second-order valence-electron chi connectivity index (χ2n) is 10.3. The first-order valence-corrected chi connectivity index (χ1v) is 11.4. The first kappa shape index (κ1) is 22.5. The van der Waals surface area contributed by atoms with Gasteiger partial charge in [-0.2, -0.15) is 0 Å². The predicted octanol–water partition coefficient (Wildman–Crippen LogP) is 5.47. The smallest absolute Gasteiger partial charge is 0.417 e. The number of nitrogens with zero attached hydrogens (tertiary/aromatic N) is 1. The summed E-state index contributed by atoms with van der Waals surface area (Å²) in [5.74, 6) is -0.277. The van der Waals surface area contributed by atoms with Crippen LogP contribution in [0.25, 0.3) is 11.1 Å². The minimum Gasteiger partial charge on any atom is -0.443 e. The number of benzene rings is 2. The number of hydrogen-bond acceptors (Lipinski definition) is 4. The molecular weight excluding hydrogens is 402 g/mol. The molecule has 0 radical (unpaired) electrons. The zero-order valence-electron chi connectivity index (χ0n) is 19.6. The van der Waals surface area contributed by atoms with E-state index in [0.29, 0.717) is 19.4 Å². The fourth-order valence-electron chi connectivity index (χ4n) is 4.72. The summed E-state index contributed by atoms with van der Waals surface area (Å²) in [6, 6.07) is 18.3. The Balaban J connectivity index is 1.57. The van der Waals surface area contributed by atoms with Crippen molar-refractivity contribution in [3.63, 3.8) is 0 Å². The molecule has 32 heavy (non-hydrogen) atoms. The van der Waals surface area contributed by atoms with Gasteiger partial charge in [-0.1, -0.05) is 68.4 Å². The van der Waals surface area contributed by atoms with E-state index >= 15 is 0 Å². The van der Waals surface area contributed by atoms with Crippen LogP contribution in [0.4, 0.5) is 4.79 Å². The lowest BCUT2D eigenvalue weighted by molar-refractivity contribution is -0.133. The summed E-state index contributed by atoms with van der Waals surface area (Å²) in [5.41, 5.74) is 2.28. The molecule has 3 atom stereocenters. The molecule has 0 aromatic heterocycles. The van der Waals surface area contributed by atoms with E-state index in [1.54, 1.807) is 0 Å². The molecule has 4 rings (SSSR count). The molecule has 2 aliphatic heterocycles. The summed E-state index contributed by atoms with van der Waals surface area (Å²) in [7, 11) is 0. The van der Waals surface area contributed by atoms with Gasteiger partial charge in [0.2, 0.25) is 5.91 Å². The number of likely N-dealkylation sites (tertiary alicyclic amines) is 1. The van der Waals surface area contributed by atoms with E-state index in [4.69, 9.17) is 9.47 Å². The van der Waals surface area contributed by atoms with Gasteiger partial charge in [0.15, 0.2) is 0 Å². The molecule has 2 aromatic rings. The molecule has 2 heterocycles. The number of epoxide rings is 1. The monoisotopic (exact) mass is 435 g/mol. The van der Waals surface area contributed by atoms with Crippen molar-refractivity contribution in [3.05, 3.63) is 60.2 Å². The van der Waals surface area contributed by atoms with Crippen LogP contribution >= 0.6 is 0 Å². The Morgan fingerprint density at radius 1 is 1.09 bits per heavy atom. The van der Waals surface area contributed by atoms with Crippen molar-refractivity contribution in [2.24, 2.45) is 11.8 Å². The average molecular weight is 436 g/mol. The van der Waals surface area contributed by atoms with Crippen LogP contribution in [-0.2, 0) is 20.7 Å². The van der Waals surface area contributed by atoms with Crippen LogP contribution in [-0.4, -0.2) is 40.8 Å². The fourth-order valence-corrected chi connectivity index (χ4v) is 4.72. The van der Waals surface area contributed by atoms with E-state index in [1.165, 1.54) is 4.90 Å². The third-order valence-corrected chi connectivity index (χ3v) is 6.58. The van der Waals surface area contributed by atoms with Crippen LogP contribution < -0.4 is 0 Å². The molecule has 2 aliphatic rings. The van der Waals surface area contributed by atoms with Crippen molar-refractivity contribution >= 4 is 12.0 Å². The van der Waals surface area contributed by atoms with Crippen molar-refractivity contribution in [3.8, 4) is 11.1 Å². The zero-order chi connectivity index (χ0) is 23.1. The van der Waals surface area contributed by atoms with Gasteiger partial charge in [0, 0.05) is 6.04 Å². The average Bonchev–Trinajstić information content (AvgIpc) is 3.47. The maximum absolute atomic E-state index is 13.4. The highest BCUT2D eigenvalue weighted by molar-refractivity contribution is 5.96. The van der Waals surface area contributed by atoms with Gasteiger partial charge in [-0.05, 0) is 56.2 Å². The summed E-state index contributed by atoms with van der Waals surface area (Å²) >= 11 is 0. The van der Waals surface area contributed by atoms with Crippen LogP contribution in [0, 0.1) is 11.8 Å². The third kappa shape index (κ3) is 4.44. The quantitative estimate of drug-likeness (QED) is 0.584. The number of amides is 2. The van der Waals surface area contributed by atoms with Gasteiger partial charge in [-0.15, -0.1) is 0 Å². The third-order valence-electron chi connectivity index (χ3n) is 6.58. The Kier molecular flexibility index (Phi) is 5.89. The van der Waals surface area contributed by atoms with E-state index in [0.717, 1.165) is 16.7 Å². The Morgan fingerprint density at radius 3 is 2.22 bits per heavy atom. The normalized spacial score (nSPS) is 25.3. The van der Waals surface area contributed by atoms with Crippen molar-refractivity contribution in [2.45, 2.75) is 64.7 Å². The van der Waals surface area contributed by atoms with Gasteiger partial charge in [0.25, 0.3) is 0 Å². The molecular formula is C27H33NO4. The molecule has 0 N–H and O–H groups in total. The second-order valence-corrected chi connectivity index (χ2v) is 10.3. The van der Waals surface area contributed by atoms with Crippen molar-refractivity contribution in [2.75, 3.05) is 6.61 Å². The zero-order valence-corrected chi connectivity index (χ0v) is 19.6. The maximum atomic E-state index is 13.4.